The predicted octanol–water partition coefficient (Wildman–Crippen LogP) is 0.641. The zero-order valence-electron chi connectivity index (χ0n) is 11.0. The number of ether oxygens (including phenoxy) is 1. The number of carboxylic acids is 1. The molecule has 0 bridgehead atoms. The first kappa shape index (κ1) is 15.6. The second-order valence-corrected chi connectivity index (χ2v) is 5.01. The van der Waals surface area contributed by atoms with Crippen LogP contribution in [0.4, 0.5) is 0 Å². The number of amides is 1. The molecule has 19 heavy (non-hydrogen) atoms. The van der Waals surface area contributed by atoms with Crippen molar-refractivity contribution in [3.8, 4) is 0 Å². The molecule has 0 radical (unpaired) electrons. The molecule has 0 aliphatic rings. The third-order valence-corrected chi connectivity index (χ3v) is 3.37. The van der Waals surface area contributed by atoms with Crippen molar-refractivity contribution >= 4 is 23.2 Å². The monoisotopic (exact) mass is 286 g/mol. The summed E-state index contributed by atoms with van der Waals surface area (Å²) >= 11 is 1.19. The zero-order chi connectivity index (χ0) is 14.3. The van der Waals surface area contributed by atoms with Gasteiger partial charge in [0.1, 0.15) is 4.88 Å². The Morgan fingerprint density at radius 1 is 1.53 bits per heavy atom. The minimum Gasteiger partial charge on any atom is -0.477 e. The molecule has 1 aromatic rings. The lowest BCUT2D eigenvalue weighted by Gasteiger charge is -2.16. The van der Waals surface area contributed by atoms with Gasteiger partial charge in [0.05, 0.1) is 13.2 Å². The summed E-state index contributed by atoms with van der Waals surface area (Å²) in [5, 5.41) is 13.4. The van der Waals surface area contributed by atoms with Gasteiger partial charge in [-0.15, -0.1) is 11.3 Å². The van der Waals surface area contributed by atoms with Crippen molar-refractivity contribution in [2.24, 2.45) is 0 Å². The number of aromatic carboxylic acids is 1. The van der Waals surface area contributed by atoms with Crippen LogP contribution < -0.4 is 5.32 Å². The van der Waals surface area contributed by atoms with Crippen molar-refractivity contribution in [1.82, 2.24) is 10.2 Å². The molecule has 0 aromatic carbocycles. The Bertz CT molecular complexity index is 433. The molecule has 7 heteroatoms. The van der Waals surface area contributed by atoms with E-state index in [-0.39, 0.29) is 12.5 Å². The molecule has 0 aliphatic carbocycles. The van der Waals surface area contributed by atoms with Crippen LogP contribution >= 0.6 is 11.3 Å². The van der Waals surface area contributed by atoms with Gasteiger partial charge < -0.3 is 15.2 Å². The van der Waals surface area contributed by atoms with Crippen LogP contribution in [0.25, 0.3) is 0 Å². The zero-order valence-corrected chi connectivity index (χ0v) is 11.8. The van der Waals surface area contributed by atoms with Crippen molar-refractivity contribution in [3.63, 3.8) is 0 Å². The van der Waals surface area contributed by atoms with E-state index >= 15 is 0 Å². The number of nitrogens with one attached hydrogen (secondary N) is 1. The highest BCUT2D eigenvalue weighted by Gasteiger charge is 2.14. The number of likely N-dealkylation sites (N-methyl/N-ethyl adjacent to an activating group) is 1. The van der Waals surface area contributed by atoms with Crippen LogP contribution in [0.15, 0.2) is 11.4 Å². The maximum Gasteiger partial charge on any atom is 0.346 e. The molecular formula is C12H18N2O4S. The quantitative estimate of drug-likeness (QED) is 0.686. The van der Waals surface area contributed by atoms with Gasteiger partial charge >= 0.3 is 5.97 Å². The number of carbonyl (C=O) groups excluding carboxylic acids is 1. The van der Waals surface area contributed by atoms with E-state index < -0.39 is 5.97 Å². The van der Waals surface area contributed by atoms with E-state index in [9.17, 15) is 9.59 Å². The summed E-state index contributed by atoms with van der Waals surface area (Å²) in [5.41, 5.74) is 0.727. The molecule has 1 heterocycles. The smallest absolute Gasteiger partial charge is 0.346 e. The minimum atomic E-state index is -0.928. The van der Waals surface area contributed by atoms with Crippen LogP contribution in [-0.4, -0.2) is 55.7 Å². The fraction of sp³-hybridized carbons (Fsp3) is 0.500. The Kier molecular flexibility index (Phi) is 6.48. The number of hydrogen-bond donors (Lipinski definition) is 2. The SMILES string of the molecule is COCCNC(=O)CN(C)Cc1ccsc1C(=O)O. The molecule has 2 N–H and O–H groups in total. The van der Waals surface area contributed by atoms with Gasteiger partial charge in [-0.2, -0.15) is 0 Å². The van der Waals surface area contributed by atoms with Gasteiger partial charge in [-0.05, 0) is 24.1 Å². The second kappa shape index (κ2) is 7.88. The van der Waals surface area contributed by atoms with E-state index in [2.05, 4.69) is 5.32 Å². The van der Waals surface area contributed by atoms with Gasteiger partial charge in [-0.25, -0.2) is 4.79 Å². The third kappa shape index (κ3) is 5.37. The van der Waals surface area contributed by atoms with Crippen molar-refractivity contribution in [2.75, 3.05) is 33.9 Å². The van der Waals surface area contributed by atoms with Crippen LogP contribution in [-0.2, 0) is 16.1 Å². The maximum absolute atomic E-state index is 11.6. The highest BCUT2D eigenvalue weighted by Crippen LogP contribution is 2.17. The topological polar surface area (TPSA) is 78.9 Å². The fourth-order valence-corrected chi connectivity index (χ4v) is 2.34. The maximum atomic E-state index is 11.6. The molecule has 0 saturated heterocycles. The lowest BCUT2D eigenvalue weighted by Crippen LogP contribution is -2.36. The Hall–Kier alpha value is -1.44. The summed E-state index contributed by atoms with van der Waals surface area (Å²) in [6.45, 7) is 1.60. The van der Waals surface area contributed by atoms with Crippen LogP contribution in [0.5, 0.6) is 0 Å². The highest BCUT2D eigenvalue weighted by molar-refractivity contribution is 7.12. The lowest BCUT2D eigenvalue weighted by molar-refractivity contribution is -0.122. The first-order valence-electron chi connectivity index (χ1n) is 5.78. The van der Waals surface area contributed by atoms with E-state index in [1.165, 1.54) is 11.3 Å². The molecule has 0 spiro atoms. The molecule has 6 nitrogen and oxygen atoms in total. The fourth-order valence-electron chi connectivity index (χ4n) is 1.59. The predicted molar refractivity (Wildman–Crippen MR) is 72.5 cm³/mol. The number of nitrogens with zero attached hydrogens (tertiary/aromatic N) is 1. The summed E-state index contributed by atoms with van der Waals surface area (Å²) in [7, 11) is 3.35. The summed E-state index contributed by atoms with van der Waals surface area (Å²) in [5.74, 6) is -1.03. The summed E-state index contributed by atoms with van der Waals surface area (Å²) in [6, 6.07) is 1.77. The van der Waals surface area contributed by atoms with Gasteiger partial charge in [0, 0.05) is 20.2 Å². The second-order valence-electron chi connectivity index (χ2n) is 4.10. The normalized spacial score (nSPS) is 10.7. The average Bonchev–Trinajstić information content (AvgIpc) is 2.77. The molecule has 0 aliphatic heterocycles. The van der Waals surface area contributed by atoms with Crippen LogP contribution in [0.1, 0.15) is 15.2 Å². The number of carbonyl (C=O) groups is 2. The molecule has 0 atom stereocenters. The first-order chi connectivity index (χ1) is 9.04. The molecule has 0 unspecified atom stereocenters. The van der Waals surface area contributed by atoms with Crippen LogP contribution in [0.2, 0.25) is 0 Å². The summed E-state index contributed by atoms with van der Waals surface area (Å²) in [6.07, 6.45) is 0. The largest absolute Gasteiger partial charge is 0.477 e. The van der Waals surface area contributed by atoms with Gasteiger partial charge in [-0.1, -0.05) is 0 Å². The standard InChI is InChI=1S/C12H18N2O4S/c1-14(8-10(15)13-4-5-18-2)7-9-3-6-19-11(9)12(16)17/h3,6H,4-5,7-8H2,1-2H3,(H,13,15)(H,16,17). The van der Waals surface area contributed by atoms with Crippen molar-refractivity contribution < 1.29 is 19.4 Å². The summed E-state index contributed by atoms with van der Waals surface area (Å²) < 4.78 is 4.83. The molecular weight excluding hydrogens is 268 g/mol. The molecule has 1 rings (SSSR count). The van der Waals surface area contributed by atoms with Gasteiger partial charge in [0.2, 0.25) is 5.91 Å². The molecule has 106 valence electrons. The molecule has 0 fully saturated rings. The van der Waals surface area contributed by atoms with Crippen molar-refractivity contribution in [1.29, 1.82) is 0 Å². The average molecular weight is 286 g/mol. The molecule has 1 amide bonds. The van der Waals surface area contributed by atoms with Crippen LogP contribution in [0.3, 0.4) is 0 Å². The van der Waals surface area contributed by atoms with Gasteiger partial charge in [-0.3, -0.25) is 9.69 Å². The lowest BCUT2D eigenvalue weighted by atomic mass is 10.2. The first-order valence-corrected chi connectivity index (χ1v) is 6.66. The van der Waals surface area contributed by atoms with Crippen LogP contribution in [0, 0.1) is 0 Å². The Morgan fingerprint density at radius 3 is 2.89 bits per heavy atom. The Morgan fingerprint density at radius 2 is 2.26 bits per heavy atom. The number of thiophene rings is 1. The molecule has 1 aromatic heterocycles. The number of rotatable bonds is 8. The van der Waals surface area contributed by atoms with E-state index in [4.69, 9.17) is 9.84 Å². The highest BCUT2D eigenvalue weighted by atomic mass is 32.1. The number of methoxy groups -OCH3 is 1. The van der Waals surface area contributed by atoms with Crippen molar-refractivity contribution in [2.45, 2.75) is 6.54 Å². The Labute approximate surface area is 116 Å². The van der Waals surface area contributed by atoms with E-state index in [1.807, 2.05) is 0 Å². The number of carboxylic acid groups (broad SMARTS) is 1. The minimum absolute atomic E-state index is 0.105. The summed E-state index contributed by atoms with van der Waals surface area (Å²) in [4.78, 5) is 24.6. The Balaban J connectivity index is 2.42. The van der Waals surface area contributed by atoms with E-state index in [1.54, 1.807) is 30.5 Å². The third-order valence-electron chi connectivity index (χ3n) is 2.42. The molecule has 0 saturated carbocycles. The van der Waals surface area contributed by atoms with Crippen molar-refractivity contribution in [3.05, 3.63) is 21.9 Å². The number of hydrogen-bond acceptors (Lipinski definition) is 5. The van der Waals surface area contributed by atoms with Gasteiger partial charge in [0.15, 0.2) is 0 Å². The van der Waals surface area contributed by atoms with E-state index in [0.29, 0.717) is 24.6 Å². The van der Waals surface area contributed by atoms with Gasteiger partial charge in [0.25, 0.3) is 0 Å². The van der Waals surface area contributed by atoms with E-state index in [0.717, 1.165) is 5.56 Å².